The van der Waals surface area contributed by atoms with Crippen LogP contribution in [0.2, 0.25) is 0 Å². The number of primary sulfonamides is 1. The lowest BCUT2D eigenvalue weighted by molar-refractivity contribution is 0.0950. The van der Waals surface area contributed by atoms with Crippen molar-refractivity contribution < 1.29 is 17.9 Å². The molecular formula is C20H21N3O4S2. The maximum absolute atomic E-state index is 12.4. The highest BCUT2D eigenvalue weighted by Gasteiger charge is 2.09. The van der Waals surface area contributed by atoms with Crippen molar-refractivity contribution in [2.24, 2.45) is 5.14 Å². The fraction of sp³-hybridized carbons (Fsp3) is 0.200. The predicted octanol–water partition coefficient (Wildman–Crippen LogP) is 2.75. The Labute approximate surface area is 173 Å². The number of rotatable bonds is 8. The van der Waals surface area contributed by atoms with Crippen LogP contribution in [-0.2, 0) is 28.9 Å². The third-order valence-electron chi connectivity index (χ3n) is 3.99. The number of ether oxygens (including phenoxy) is 1. The Balaban J connectivity index is 1.55. The Hall–Kier alpha value is -2.75. The third kappa shape index (κ3) is 6.67. The lowest BCUT2D eigenvalue weighted by Gasteiger charge is -2.09. The molecule has 1 heterocycles. The minimum Gasteiger partial charge on any atom is -0.487 e. The van der Waals surface area contributed by atoms with Crippen LogP contribution in [0.25, 0.3) is 0 Å². The van der Waals surface area contributed by atoms with Crippen molar-refractivity contribution in [1.29, 1.82) is 0 Å². The molecule has 2 aromatic carbocycles. The summed E-state index contributed by atoms with van der Waals surface area (Å²) in [5.41, 5.74) is 2.79. The zero-order chi connectivity index (χ0) is 20.9. The van der Waals surface area contributed by atoms with Gasteiger partial charge in [0.15, 0.2) is 0 Å². The third-order valence-corrected chi connectivity index (χ3v) is 5.55. The number of amides is 1. The monoisotopic (exact) mass is 431 g/mol. The van der Waals surface area contributed by atoms with E-state index >= 15 is 0 Å². The molecule has 29 heavy (non-hydrogen) atoms. The summed E-state index contributed by atoms with van der Waals surface area (Å²) >= 11 is 1.56. The topological polar surface area (TPSA) is 111 Å². The van der Waals surface area contributed by atoms with E-state index in [4.69, 9.17) is 9.88 Å². The van der Waals surface area contributed by atoms with Crippen LogP contribution in [0.1, 0.15) is 32.2 Å². The Morgan fingerprint density at radius 2 is 1.90 bits per heavy atom. The van der Waals surface area contributed by atoms with Gasteiger partial charge in [-0.1, -0.05) is 30.3 Å². The Kier molecular flexibility index (Phi) is 6.63. The van der Waals surface area contributed by atoms with Gasteiger partial charge in [-0.3, -0.25) is 4.79 Å². The number of hydrogen-bond acceptors (Lipinski definition) is 6. The first-order valence-electron chi connectivity index (χ1n) is 8.79. The number of aryl methyl sites for hydroxylation is 1. The van der Waals surface area contributed by atoms with Crippen molar-refractivity contribution in [2.75, 3.05) is 0 Å². The largest absolute Gasteiger partial charge is 0.487 e. The van der Waals surface area contributed by atoms with E-state index in [0.717, 1.165) is 16.3 Å². The molecule has 0 aliphatic heterocycles. The van der Waals surface area contributed by atoms with Gasteiger partial charge in [0, 0.05) is 17.5 Å². The Bertz CT molecular complexity index is 1090. The van der Waals surface area contributed by atoms with Gasteiger partial charge in [0.25, 0.3) is 5.91 Å². The van der Waals surface area contributed by atoms with Crippen molar-refractivity contribution in [1.82, 2.24) is 10.3 Å². The van der Waals surface area contributed by atoms with Crippen molar-refractivity contribution in [3.05, 3.63) is 81.3 Å². The number of nitrogens with zero attached hydrogens (tertiary/aromatic N) is 1. The number of hydrogen-bond donors (Lipinski definition) is 2. The lowest BCUT2D eigenvalue weighted by Crippen LogP contribution is -2.22. The number of thiazole rings is 1. The van der Waals surface area contributed by atoms with Gasteiger partial charge >= 0.3 is 0 Å². The molecule has 1 amide bonds. The molecule has 1 aromatic heterocycles. The quantitative estimate of drug-likeness (QED) is 0.570. The molecule has 0 bridgehead atoms. The number of benzene rings is 2. The van der Waals surface area contributed by atoms with Crippen molar-refractivity contribution >= 4 is 27.3 Å². The summed E-state index contributed by atoms with van der Waals surface area (Å²) in [6.07, 6.45) is 0. The second-order valence-corrected chi connectivity index (χ2v) is 9.16. The van der Waals surface area contributed by atoms with Crippen LogP contribution < -0.4 is 15.2 Å². The fourth-order valence-electron chi connectivity index (χ4n) is 2.63. The molecule has 0 spiro atoms. The van der Waals surface area contributed by atoms with E-state index in [0.29, 0.717) is 30.0 Å². The van der Waals surface area contributed by atoms with Crippen LogP contribution in [0.5, 0.6) is 5.75 Å². The van der Waals surface area contributed by atoms with Crippen molar-refractivity contribution in [2.45, 2.75) is 25.8 Å². The smallest absolute Gasteiger partial charge is 0.251 e. The summed E-state index contributed by atoms with van der Waals surface area (Å²) in [5, 5.41) is 10.8. The van der Waals surface area contributed by atoms with E-state index in [1.165, 1.54) is 0 Å². The summed E-state index contributed by atoms with van der Waals surface area (Å²) in [7, 11) is -3.56. The predicted molar refractivity (Wildman–Crippen MR) is 112 cm³/mol. The van der Waals surface area contributed by atoms with Gasteiger partial charge in [0.1, 0.15) is 12.4 Å². The molecule has 3 rings (SSSR count). The first-order valence-corrected chi connectivity index (χ1v) is 11.4. The van der Waals surface area contributed by atoms with Gasteiger partial charge in [0.05, 0.1) is 16.5 Å². The van der Waals surface area contributed by atoms with Crippen LogP contribution in [0.3, 0.4) is 0 Å². The number of sulfonamides is 1. The van der Waals surface area contributed by atoms with Gasteiger partial charge in [-0.2, -0.15) is 0 Å². The standard InChI is InChI=1S/C20H21N3O4S2/c1-14-23-18(12-28-14)11-27-19-4-2-3-17(9-19)20(24)22-10-15-5-7-16(8-6-15)13-29(21,25)26/h2-9,12H,10-11,13H2,1H3,(H,22,24)(H2,21,25,26). The van der Waals surface area contributed by atoms with Crippen LogP contribution in [0.4, 0.5) is 0 Å². The van der Waals surface area contributed by atoms with Gasteiger partial charge < -0.3 is 10.1 Å². The number of nitrogens with one attached hydrogen (secondary N) is 1. The summed E-state index contributed by atoms with van der Waals surface area (Å²) in [4.78, 5) is 16.8. The van der Waals surface area contributed by atoms with Crippen LogP contribution in [0, 0.1) is 6.92 Å². The molecule has 0 unspecified atom stereocenters. The first-order chi connectivity index (χ1) is 13.8. The van der Waals surface area contributed by atoms with E-state index in [-0.39, 0.29) is 11.7 Å². The number of aromatic nitrogens is 1. The molecular weight excluding hydrogens is 410 g/mol. The summed E-state index contributed by atoms with van der Waals surface area (Å²) < 4.78 is 28.0. The molecule has 9 heteroatoms. The molecule has 0 saturated carbocycles. The SMILES string of the molecule is Cc1nc(COc2cccc(C(=O)NCc3ccc(CS(N)(=O)=O)cc3)c2)cs1. The Morgan fingerprint density at radius 1 is 1.17 bits per heavy atom. The fourth-order valence-corrected chi connectivity index (χ4v) is 3.88. The second-order valence-electron chi connectivity index (χ2n) is 6.48. The summed E-state index contributed by atoms with van der Waals surface area (Å²) in [6, 6.07) is 13.8. The molecule has 0 radical (unpaired) electrons. The van der Waals surface area contributed by atoms with Gasteiger partial charge in [-0.15, -0.1) is 11.3 Å². The molecule has 7 nitrogen and oxygen atoms in total. The molecule has 0 saturated heterocycles. The van der Waals surface area contributed by atoms with Crippen LogP contribution in [0.15, 0.2) is 53.9 Å². The molecule has 0 atom stereocenters. The minimum atomic E-state index is -3.56. The molecule has 0 aliphatic carbocycles. The number of carbonyl (C=O) groups excluding carboxylic acids is 1. The van der Waals surface area contributed by atoms with E-state index in [9.17, 15) is 13.2 Å². The van der Waals surface area contributed by atoms with Gasteiger partial charge in [-0.05, 0) is 36.2 Å². The second kappa shape index (κ2) is 9.17. The zero-order valence-corrected chi connectivity index (χ0v) is 17.4. The first kappa shape index (κ1) is 21.0. The lowest BCUT2D eigenvalue weighted by atomic mass is 10.1. The average molecular weight is 432 g/mol. The van der Waals surface area contributed by atoms with E-state index < -0.39 is 10.0 Å². The van der Waals surface area contributed by atoms with E-state index in [1.807, 2.05) is 12.3 Å². The van der Waals surface area contributed by atoms with E-state index in [1.54, 1.807) is 59.9 Å². The number of nitrogens with two attached hydrogens (primary N) is 1. The highest BCUT2D eigenvalue weighted by Crippen LogP contribution is 2.16. The number of carbonyl (C=O) groups is 1. The highest BCUT2D eigenvalue weighted by molar-refractivity contribution is 7.88. The zero-order valence-electron chi connectivity index (χ0n) is 15.8. The molecule has 0 fully saturated rings. The van der Waals surface area contributed by atoms with Crippen molar-refractivity contribution in [3.8, 4) is 5.75 Å². The maximum atomic E-state index is 12.4. The maximum Gasteiger partial charge on any atom is 0.251 e. The average Bonchev–Trinajstić information content (AvgIpc) is 3.10. The molecule has 3 N–H and O–H groups in total. The molecule has 3 aromatic rings. The van der Waals surface area contributed by atoms with Crippen LogP contribution in [-0.4, -0.2) is 19.3 Å². The minimum absolute atomic E-state index is 0.215. The van der Waals surface area contributed by atoms with Gasteiger partial charge in [-0.25, -0.2) is 18.5 Å². The van der Waals surface area contributed by atoms with E-state index in [2.05, 4.69) is 10.3 Å². The molecule has 0 aliphatic rings. The normalized spacial score (nSPS) is 11.2. The highest BCUT2D eigenvalue weighted by atomic mass is 32.2. The Morgan fingerprint density at radius 3 is 2.55 bits per heavy atom. The van der Waals surface area contributed by atoms with Crippen LogP contribution >= 0.6 is 11.3 Å². The van der Waals surface area contributed by atoms with Crippen molar-refractivity contribution in [3.63, 3.8) is 0 Å². The molecule has 152 valence electrons. The summed E-state index contributed by atoms with van der Waals surface area (Å²) in [6.45, 7) is 2.60. The summed E-state index contributed by atoms with van der Waals surface area (Å²) in [5.74, 6) is 0.150. The van der Waals surface area contributed by atoms with Gasteiger partial charge in [0.2, 0.25) is 10.0 Å².